The zero-order valence-corrected chi connectivity index (χ0v) is 16.7. The summed E-state index contributed by atoms with van der Waals surface area (Å²) in [5.41, 5.74) is 2.02. The van der Waals surface area contributed by atoms with Gasteiger partial charge < -0.3 is 15.4 Å². The molecule has 2 N–H and O–H groups in total. The topological polar surface area (TPSA) is 70.7 Å². The number of hydrogen-bond acceptors (Lipinski definition) is 5. The van der Waals surface area contributed by atoms with E-state index in [4.69, 9.17) is 16.3 Å². The second-order valence-corrected chi connectivity index (χ2v) is 8.12. The number of carbonyl (C=O) groups excluding carboxylic acids is 2. The molecular formula is C20H20ClN3O3S. The Hall–Kier alpha value is -2.06. The second-order valence-electron chi connectivity index (χ2n) is 6.59. The summed E-state index contributed by atoms with van der Waals surface area (Å²) in [6.45, 7) is 3.10. The Balaban J connectivity index is 1.44. The molecule has 2 heterocycles. The minimum absolute atomic E-state index is 0.0620. The van der Waals surface area contributed by atoms with Gasteiger partial charge in [0.1, 0.15) is 5.37 Å². The Labute approximate surface area is 172 Å². The maximum absolute atomic E-state index is 12.6. The number of carbonyl (C=O) groups is 2. The molecular weight excluding hydrogens is 398 g/mol. The van der Waals surface area contributed by atoms with Crippen molar-refractivity contribution in [2.75, 3.05) is 31.6 Å². The summed E-state index contributed by atoms with van der Waals surface area (Å²) in [4.78, 5) is 28.1. The maximum Gasteiger partial charge on any atom is 0.252 e. The number of nitrogens with zero attached hydrogens (tertiary/aromatic N) is 1. The molecule has 28 heavy (non-hydrogen) atoms. The van der Waals surface area contributed by atoms with Crippen LogP contribution in [0.15, 0.2) is 47.4 Å². The number of ether oxygens (including phenoxy) is 1. The third-order valence-corrected chi connectivity index (χ3v) is 6.45. The van der Waals surface area contributed by atoms with Crippen molar-refractivity contribution < 1.29 is 14.3 Å². The van der Waals surface area contributed by atoms with Crippen LogP contribution < -0.4 is 10.6 Å². The van der Waals surface area contributed by atoms with Crippen LogP contribution in [0.4, 0.5) is 5.69 Å². The molecule has 2 aliphatic heterocycles. The van der Waals surface area contributed by atoms with Gasteiger partial charge in [-0.2, -0.15) is 0 Å². The number of morpholine rings is 1. The summed E-state index contributed by atoms with van der Waals surface area (Å²) in [5, 5.41) is 6.16. The van der Waals surface area contributed by atoms with Crippen LogP contribution in [-0.4, -0.2) is 48.4 Å². The first-order valence-corrected chi connectivity index (χ1v) is 10.3. The number of thioether (sulfide) groups is 1. The monoisotopic (exact) mass is 417 g/mol. The number of hydrogen-bond donors (Lipinski definition) is 2. The van der Waals surface area contributed by atoms with Crippen LogP contribution in [0.25, 0.3) is 0 Å². The fourth-order valence-electron chi connectivity index (χ4n) is 3.21. The van der Waals surface area contributed by atoms with Gasteiger partial charge in [-0.3, -0.25) is 14.5 Å². The summed E-state index contributed by atoms with van der Waals surface area (Å²) in [7, 11) is 0. The zero-order chi connectivity index (χ0) is 19.5. The van der Waals surface area contributed by atoms with Gasteiger partial charge >= 0.3 is 0 Å². The number of rotatable bonds is 4. The molecule has 0 radical (unpaired) electrons. The molecule has 1 atom stereocenters. The van der Waals surface area contributed by atoms with E-state index in [1.54, 1.807) is 18.2 Å². The lowest BCUT2D eigenvalue weighted by atomic mass is 10.1. The summed E-state index contributed by atoms with van der Waals surface area (Å²) >= 11 is 7.64. The van der Waals surface area contributed by atoms with Gasteiger partial charge in [-0.05, 0) is 29.8 Å². The molecule has 0 unspecified atom stereocenters. The fraction of sp³-hybridized carbons (Fsp3) is 0.300. The average molecular weight is 418 g/mol. The van der Waals surface area contributed by atoms with Gasteiger partial charge in [0.05, 0.1) is 18.9 Å². The molecule has 0 saturated carbocycles. The molecule has 1 fully saturated rings. The zero-order valence-electron chi connectivity index (χ0n) is 15.1. The summed E-state index contributed by atoms with van der Waals surface area (Å²) in [6.07, 6.45) is 0. The molecule has 2 amide bonds. The largest absolute Gasteiger partial charge is 0.379 e. The highest BCUT2D eigenvalue weighted by Gasteiger charge is 2.33. The molecule has 0 aromatic heterocycles. The Morgan fingerprint density at radius 2 is 2.04 bits per heavy atom. The van der Waals surface area contributed by atoms with E-state index in [1.165, 1.54) is 11.8 Å². The Kier molecular flexibility index (Phi) is 5.87. The van der Waals surface area contributed by atoms with Crippen LogP contribution in [0.3, 0.4) is 0 Å². The van der Waals surface area contributed by atoms with Crippen molar-refractivity contribution in [1.82, 2.24) is 10.2 Å². The van der Waals surface area contributed by atoms with Crippen LogP contribution in [-0.2, 0) is 16.1 Å². The minimum atomic E-state index is -0.267. The number of amides is 2. The fourth-order valence-corrected chi connectivity index (χ4v) is 4.56. The predicted octanol–water partition coefficient (Wildman–Crippen LogP) is 2.97. The van der Waals surface area contributed by atoms with E-state index in [1.807, 2.05) is 24.3 Å². The van der Waals surface area contributed by atoms with Crippen molar-refractivity contribution in [1.29, 1.82) is 0 Å². The number of anilines is 1. The van der Waals surface area contributed by atoms with E-state index in [-0.39, 0.29) is 17.2 Å². The molecule has 1 saturated heterocycles. The van der Waals surface area contributed by atoms with Crippen LogP contribution >= 0.6 is 23.4 Å². The first kappa shape index (κ1) is 19.3. The molecule has 0 spiro atoms. The lowest BCUT2D eigenvalue weighted by Gasteiger charge is -2.35. The van der Waals surface area contributed by atoms with Gasteiger partial charge in [-0.1, -0.05) is 41.6 Å². The van der Waals surface area contributed by atoms with E-state index in [0.717, 1.165) is 23.5 Å². The molecule has 2 aromatic rings. The van der Waals surface area contributed by atoms with Gasteiger partial charge in [0.2, 0.25) is 0 Å². The van der Waals surface area contributed by atoms with Crippen molar-refractivity contribution in [2.45, 2.75) is 16.8 Å². The van der Waals surface area contributed by atoms with Crippen molar-refractivity contribution in [3.05, 3.63) is 58.6 Å². The van der Waals surface area contributed by atoms with E-state index >= 15 is 0 Å². The van der Waals surface area contributed by atoms with Gasteiger partial charge in [0.15, 0.2) is 0 Å². The molecule has 4 rings (SSSR count). The molecule has 2 aliphatic rings. The van der Waals surface area contributed by atoms with E-state index in [2.05, 4.69) is 15.5 Å². The SMILES string of the molecule is O=C(NCc1ccccc1Cl)c1ccc2c(c1)NC(=O)[C@H](N1CCOCC1)S2. The number of fused-ring (bicyclic) bond motifs is 1. The van der Waals surface area contributed by atoms with Crippen LogP contribution in [0.5, 0.6) is 0 Å². The Morgan fingerprint density at radius 1 is 1.25 bits per heavy atom. The molecule has 6 nitrogen and oxygen atoms in total. The van der Waals surface area contributed by atoms with Gasteiger partial charge in [0.25, 0.3) is 11.8 Å². The molecule has 146 valence electrons. The third kappa shape index (κ3) is 4.17. The van der Waals surface area contributed by atoms with Crippen LogP contribution in [0.1, 0.15) is 15.9 Å². The minimum Gasteiger partial charge on any atom is -0.379 e. The maximum atomic E-state index is 12.6. The summed E-state index contributed by atoms with van der Waals surface area (Å²) in [6, 6.07) is 12.8. The number of benzene rings is 2. The van der Waals surface area contributed by atoms with Gasteiger partial charge in [-0.25, -0.2) is 0 Å². The van der Waals surface area contributed by atoms with Crippen molar-refractivity contribution in [3.63, 3.8) is 0 Å². The number of halogens is 1. The lowest BCUT2D eigenvalue weighted by Crippen LogP contribution is -2.48. The number of nitrogens with one attached hydrogen (secondary N) is 2. The van der Waals surface area contributed by atoms with E-state index in [0.29, 0.717) is 36.0 Å². The predicted molar refractivity (Wildman–Crippen MR) is 110 cm³/mol. The van der Waals surface area contributed by atoms with Crippen LogP contribution in [0, 0.1) is 0 Å². The Bertz CT molecular complexity index is 902. The average Bonchev–Trinajstić information content (AvgIpc) is 2.72. The van der Waals surface area contributed by atoms with Gasteiger partial charge in [-0.15, -0.1) is 0 Å². The summed E-state index contributed by atoms with van der Waals surface area (Å²) in [5.74, 6) is -0.273. The van der Waals surface area contributed by atoms with Crippen molar-refractivity contribution in [3.8, 4) is 0 Å². The Morgan fingerprint density at radius 3 is 2.82 bits per heavy atom. The highest BCUT2D eigenvalue weighted by atomic mass is 35.5. The third-order valence-electron chi connectivity index (χ3n) is 4.74. The van der Waals surface area contributed by atoms with Crippen LogP contribution in [0.2, 0.25) is 5.02 Å². The quantitative estimate of drug-likeness (QED) is 0.800. The first-order chi connectivity index (χ1) is 13.6. The summed E-state index contributed by atoms with van der Waals surface area (Å²) < 4.78 is 5.36. The normalized spacial score (nSPS) is 19.6. The first-order valence-electron chi connectivity index (χ1n) is 9.07. The van der Waals surface area contributed by atoms with E-state index in [9.17, 15) is 9.59 Å². The smallest absolute Gasteiger partial charge is 0.252 e. The molecule has 0 bridgehead atoms. The molecule has 0 aliphatic carbocycles. The second kappa shape index (κ2) is 8.53. The van der Waals surface area contributed by atoms with Gasteiger partial charge in [0, 0.05) is 35.1 Å². The highest BCUT2D eigenvalue weighted by molar-refractivity contribution is 8.00. The standard InChI is InChI=1S/C20H20ClN3O3S/c21-15-4-2-1-3-14(15)12-22-18(25)13-5-6-17-16(11-13)23-19(26)20(28-17)24-7-9-27-10-8-24/h1-6,11,20H,7-10,12H2,(H,22,25)(H,23,26)/t20-/m1/s1. The lowest BCUT2D eigenvalue weighted by molar-refractivity contribution is -0.119. The van der Waals surface area contributed by atoms with Crippen molar-refractivity contribution in [2.24, 2.45) is 0 Å². The molecule has 2 aromatic carbocycles. The highest BCUT2D eigenvalue weighted by Crippen LogP contribution is 2.37. The molecule has 8 heteroatoms. The van der Waals surface area contributed by atoms with Crippen molar-refractivity contribution >= 4 is 40.9 Å². The van der Waals surface area contributed by atoms with E-state index < -0.39 is 0 Å².